The molecule has 0 unspecified atom stereocenters. The third-order valence-corrected chi connectivity index (χ3v) is 7.36. The maximum atomic E-state index is 13.2. The normalized spacial score (nSPS) is 17.8. The van der Waals surface area contributed by atoms with Gasteiger partial charge in [-0.3, -0.25) is 14.4 Å². The minimum atomic E-state index is -0.576. The maximum Gasteiger partial charge on any atom is 0.343 e. The lowest BCUT2D eigenvalue weighted by Gasteiger charge is -2.28. The first-order valence-electron chi connectivity index (χ1n) is 11.5. The summed E-state index contributed by atoms with van der Waals surface area (Å²) in [4.78, 5) is 55.3. The molecule has 1 atom stereocenters. The van der Waals surface area contributed by atoms with E-state index >= 15 is 0 Å². The first-order valence-corrected chi connectivity index (χ1v) is 12.3. The smallest absolute Gasteiger partial charge is 0.343 e. The van der Waals surface area contributed by atoms with E-state index in [1.807, 2.05) is 17.5 Å². The van der Waals surface area contributed by atoms with E-state index in [1.165, 1.54) is 24.7 Å². The molecule has 0 saturated carbocycles. The summed E-state index contributed by atoms with van der Waals surface area (Å²) in [5, 5.41) is 1.98. The molecule has 0 spiro atoms. The molecule has 1 fully saturated rings. The highest BCUT2D eigenvalue weighted by Gasteiger charge is 2.36. The summed E-state index contributed by atoms with van der Waals surface area (Å²) in [7, 11) is 1.29. The molecule has 9 nitrogen and oxygen atoms in total. The van der Waals surface area contributed by atoms with Crippen molar-refractivity contribution >= 4 is 29.1 Å². The third kappa shape index (κ3) is 4.86. The largest absolute Gasteiger partial charge is 0.492 e. The molecule has 2 aliphatic heterocycles. The highest BCUT2D eigenvalue weighted by Crippen LogP contribution is 2.26. The zero-order valence-corrected chi connectivity index (χ0v) is 20.3. The number of hydrogen-bond donors (Lipinski definition) is 0. The maximum absolute atomic E-state index is 13.2. The number of amides is 2. The van der Waals surface area contributed by atoms with E-state index in [1.54, 1.807) is 21.1 Å². The van der Waals surface area contributed by atoms with Crippen LogP contribution in [0, 0.1) is 0 Å². The third-order valence-electron chi connectivity index (χ3n) is 6.42. The van der Waals surface area contributed by atoms with Crippen molar-refractivity contribution in [1.29, 1.82) is 0 Å². The lowest BCUT2D eigenvalue weighted by molar-refractivity contribution is -0.142. The number of hydrogen-bond acceptors (Lipinski definition) is 7. The number of carbonyl (C=O) groups is 3. The molecule has 0 bridgehead atoms. The summed E-state index contributed by atoms with van der Waals surface area (Å²) in [6.07, 6.45) is 2.40. The van der Waals surface area contributed by atoms with Crippen molar-refractivity contribution in [2.45, 2.75) is 45.2 Å². The summed E-state index contributed by atoms with van der Waals surface area (Å²) in [6, 6.07) is 4.83. The van der Waals surface area contributed by atoms with Crippen LogP contribution in [-0.4, -0.2) is 71.5 Å². The number of likely N-dealkylation sites (tertiary alicyclic amines) is 1. The van der Waals surface area contributed by atoms with Gasteiger partial charge in [0.25, 0.3) is 5.56 Å². The van der Waals surface area contributed by atoms with E-state index in [4.69, 9.17) is 9.47 Å². The number of fused-ring (bicyclic) bond motifs is 1. The second-order valence-corrected chi connectivity index (χ2v) is 9.47. The van der Waals surface area contributed by atoms with Gasteiger partial charge in [0.15, 0.2) is 0 Å². The van der Waals surface area contributed by atoms with Crippen LogP contribution < -0.4 is 10.3 Å². The van der Waals surface area contributed by atoms with Gasteiger partial charge in [0.05, 0.1) is 13.7 Å². The van der Waals surface area contributed by atoms with Crippen LogP contribution in [0.15, 0.2) is 28.4 Å². The molecular weight excluding hydrogens is 458 g/mol. The van der Waals surface area contributed by atoms with E-state index in [0.717, 1.165) is 11.3 Å². The molecule has 182 valence electrons. The summed E-state index contributed by atoms with van der Waals surface area (Å²) in [5.74, 6) is -0.589. The number of carbonyl (C=O) groups excluding carboxylic acids is 3. The molecule has 34 heavy (non-hydrogen) atoms. The van der Waals surface area contributed by atoms with Gasteiger partial charge in [0.2, 0.25) is 11.8 Å². The Labute approximate surface area is 201 Å². The zero-order chi connectivity index (χ0) is 24.2. The van der Waals surface area contributed by atoms with Gasteiger partial charge in [0.1, 0.15) is 17.4 Å². The molecule has 0 radical (unpaired) electrons. The summed E-state index contributed by atoms with van der Waals surface area (Å²) < 4.78 is 12.4. The van der Waals surface area contributed by atoms with Gasteiger partial charge in [-0.05, 0) is 24.3 Å². The van der Waals surface area contributed by atoms with Crippen molar-refractivity contribution in [3.63, 3.8) is 0 Å². The molecule has 2 aliphatic rings. The Morgan fingerprint density at radius 3 is 2.71 bits per heavy atom. The van der Waals surface area contributed by atoms with E-state index in [0.29, 0.717) is 51.2 Å². The minimum Gasteiger partial charge on any atom is -0.492 e. The molecule has 4 rings (SSSR count). The Hall–Kier alpha value is -3.14. The fraction of sp³-hybridized carbons (Fsp3) is 0.500. The van der Waals surface area contributed by atoms with E-state index in [2.05, 4.69) is 0 Å². The molecule has 0 N–H and O–H groups in total. The van der Waals surface area contributed by atoms with Gasteiger partial charge in [-0.2, -0.15) is 0 Å². The van der Waals surface area contributed by atoms with Crippen LogP contribution in [0.4, 0.5) is 0 Å². The van der Waals surface area contributed by atoms with Gasteiger partial charge < -0.3 is 23.8 Å². The number of thiophene rings is 1. The first kappa shape index (κ1) is 24.0. The van der Waals surface area contributed by atoms with Gasteiger partial charge in [-0.1, -0.05) is 6.07 Å². The van der Waals surface area contributed by atoms with Crippen molar-refractivity contribution in [1.82, 2.24) is 14.4 Å². The molecule has 4 heterocycles. The second-order valence-electron chi connectivity index (χ2n) is 8.44. The van der Waals surface area contributed by atoms with Crippen molar-refractivity contribution in [3.8, 4) is 5.75 Å². The molecule has 2 aromatic heterocycles. The quantitative estimate of drug-likeness (QED) is 0.576. The fourth-order valence-corrected chi connectivity index (χ4v) is 5.42. The number of rotatable bonds is 6. The Morgan fingerprint density at radius 2 is 2.00 bits per heavy atom. The number of ether oxygens (including phenoxy) is 2. The van der Waals surface area contributed by atoms with Gasteiger partial charge in [-0.25, -0.2) is 4.79 Å². The number of esters is 1. The van der Waals surface area contributed by atoms with Crippen LogP contribution in [0.2, 0.25) is 0 Å². The van der Waals surface area contributed by atoms with E-state index in [9.17, 15) is 19.2 Å². The van der Waals surface area contributed by atoms with Crippen LogP contribution in [0.5, 0.6) is 5.75 Å². The average Bonchev–Trinajstić information content (AvgIpc) is 3.47. The predicted octanol–water partition coefficient (Wildman–Crippen LogP) is 1.71. The van der Waals surface area contributed by atoms with E-state index in [-0.39, 0.29) is 35.2 Å². The van der Waals surface area contributed by atoms with Crippen molar-refractivity contribution in [3.05, 3.63) is 50.1 Å². The zero-order valence-electron chi connectivity index (χ0n) is 19.5. The van der Waals surface area contributed by atoms with Crippen LogP contribution in [0.3, 0.4) is 0 Å². The monoisotopic (exact) mass is 487 g/mol. The Balaban J connectivity index is 1.57. The second kappa shape index (κ2) is 10.4. The topological polar surface area (TPSA) is 98.2 Å². The van der Waals surface area contributed by atoms with Crippen molar-refractivity contribution in [2.75, 3.05) is 33.4 Å². The molecule has 0 aromatic carbocycles. The minimum absolute atomic E-state index is 0.109. The summed E-state index contributed by atoms with van der Waals surface area (Å²) in [6.45, 7) is 3.30. The molecule has 10 heteroatoms. The van der Waals surface area contributed by atoms with Crippen LogP contribution in [0.25, 0.3) is 0 Å². The molecular formula is C24H29N3O6S. The SMILES string of the molecule is COC(=O)c1c(OCCc2cccs2)cc(=O)n2c1CCN(C(=O)[C@@H]1CCCN1C(C)=O)CC2. The summed E-state index contributed by atoms with van der Waals surface area (Å²) in [5.41, 5.74) is 0.457. The Kier molecular flexibility index (Phi) is 7.35. The first-order chi connectivity index (χ1) is 16.4. The van der Waals surface area contributed by atoms with E-state index < -0.39 is 12.0 Å². The van der Waals surface area contributed by atoms with Crippen LogP contribution in [-0.2, 0) is 33.7 Å². The Bertz CT molecular complexity index is 1130. The lowest BCUT2D eigenvalue weighted by Crippen LogP contribution is -2.48. The van der Waals surface area contributed by atoms with Crippen LogP contribution in [0.1, 0.15) is 40.7 Å². The number of nitrogens with zero attached hydrogens (tertiary/aromatic N) is 3. The van der Waals surface area contributed by atoms with Crippen LogP contribution >= 0.6 is 11.3 Å². The fourth-order valence-electron chi connectivity index (χ4n) is 4.73. The van der Waals surface area contributed by atoms with Gasteiger partial charge in [0, 0.05) is 62.6 Å². The summed E-state index contributed by atoms with van der Waals surface area (Å²) >= 11 is 1.62. The van der Waals surface area contributed by atoms with Crippen molar-refractivity contribution in [2.24, 2.45) is 0 Å². The lowest BCUT2D eigenvalue weighted by atomic mass is 10.1. The van der Waals surface area contributed by atoms with Gasteiger partial charge in [-0.15, -0.1) is 11.3 Å². The number of aromatic nitrogens is 1. The Morgan fingerprint density at radius 1 is 1.18 bits per heavy atom. The van der Waals surface area contributed by atoms with Gasteiger partial charge >= 0.3 is 5.97 Å². The standard InChI is InChI=1S/C24H29N3O6S/c1-16(28)26-9-3-6-19(26)23(30)25-10-7-18-22(24(31)32-2)20(15-21(29)27(18)12-11-25)33-13-8-17-5-4-14-34-17/h4-5,14-15,19H,3,6-13H2,1-2H3/t19-/m0/s1. The predicted molar refractivity (Wildman–Crippen MR) is 126 cm³/mol. The highest BCUT2D eigenvalue weighted by atomic mass is 32.1. The number of pyridine rings is 1. The average molecular weight is 488 g/mol. The molecule has 0 aliphatic carbocycles. The highest BCUT2D eigenvalue weighted by molar-refractivity contribution is 7.09. The molecule has 2 amide bonds. The molecule has 2 aromatic rings. The van der Waals surface area contributed by atoms with Crippen molar-refractivity contribution < 1.29 is 23.9 Å². The molecule has 1 saturated heterocycles. The number of methoxy groups -OCH3 is 1.